The molecule has 3 aromatic rings. The van der Waals surface area contributed by atoms with Gasteiger partial charge in [-0.15, -0.1) is 0 Å². The molecule has 0 aliphatic carbocycles. The summed E-state index contributed by atoms with van der Waals surface area (Å²) in [7, 11) is 0. The van der Waals surface area contributed by atoms with Crippen LogP contribution in [0.25, 0.3) is 10.9 Å². The van der Waals surface area contributed by atoms with E-state index >= 15 is 0 Å². The van der Waals surface area contributed by atoms with Crippen molar-refractivity contribution in [2.24, 2.45) is 0 Å². The molecule has 0 spiro atoms. The van der Waals surface area contributed by atoms with E-state index in [-0.39, 0.29) is 11.5 Å². The smallest absolute Gasteiger partial charge is 0.253 e. The Morgan fingerprint density at radius 2 is 1.89 bits per heavy atom. The minimum atomic E-state index is -0.510. The highest BCUT2D eigenvalue weighted by Gasteiger charge is 2.24. The molecule has 1 saturated heterocycles. The van der Waals surface area contributed by atoms with Crippen LogP contribution in [-0.2, 0) is 0 Å². The third-order valence-electron chi connectivity index (χ3n) is 5.57. The molecule has 1 fully saturated rings. The molecule has 1 amide bonds. The van der Waals surface area contributed by atoms with E-state index in [9.17, 15) is 14.4 Å². The number of aromatic nitrogens is 1. The lowest BCUT2D eigenvalue weighted by molar-refractivity contribution is 0.0747. The summed E-state index contributed by atoms with van der Waals surface area (Å²) in [6, 6.07) is 12.4. The number of H-pyrrole nitrogens is 1. The van der Waals surface area contributed by atoms with Crippen molar-refractivity contribution in [3.05, 3.63) is 64.6 Å². The van der Waals surface area contributed by atoms with Crippen molar-refractivity contribution in [1.82, 2.24) is 9.88 Å². The van der Waals surface area contributed by atoms with Crippen LogP contribution in [0, 0.1) is 31.0 Å². The van der Waals surface area contributed by atoms with E-state index in [1.54, 1.807) is 12.1 Å². The Bertz CT molecular complexity index is 1100. The summed E-state index contributed by atoms with van der Waals surface area (Å²) in [5.74, 6) is -0.511. The molecule has 1 aliphatic rings. The van der Waals surface area contributed by atoms with Gasteiger partial charge in [0.25, 0.3) is 5.91 Å². The molecule has 4 rings (SSSR count). The standard InChI is InChI=1S/C22H21FN4O/c1-14-15(2)25-20-7-6-16(12-17(14)20)22(28)27-10-8-26(9-11-27)21-5-3-4-19(23)18(21)13-24/h3-7,12,25H,8-11H2,1-2H3. The molecule has 0 saturated carbocycles. The van der Waals surface area contributed by atoms with Crippen molar-refractivity contribution < 1.29 is 9.18 Å². The molecule has 6 heteroatoms. The first-order valence-corrected chi connectivity index (χ1v) is 9.31. The van der Waals surface area contributed by atoms with Gasteiger partial charge in [0.2, 0.25) is 0 Å². The molecule has 5 nitrogen and oxygen atoms in total. The van der Waals surface area contributed by atoms with Crippen LogP contribution < -0.4 is 4.90 Å². The van der Waals surface area contributed by atoms with Gasteiger partial charge < -0.3 is 14.8 Å². The van der Waals surface area contributed by atoms with Crippen LogP contribution in [0.15, 0.2) is 36.4 Å². The topological polar surface area (TPSA) is 63.1 Å². The van der Waals surface area contributed by atoms with Crippen LogP contribution in [0.5, 0.6) is 0 Å². The highest BCUT2D eigenvalue weighted by Crippen LogP contribution is 2.25. The Morgan fingerprint density at radius 1 is 1.14 bits per heavy atom. The second-order valence-corrected chi connectivity index (χ2v) is 7.16. The zero-order valence-electron chi connectivity index (χ0n) is 15.9. The molecular formula is C22H21FN4O. The minimum absolute atomic E-state index is 0.000415. The van der Waals surface area contributed by atoms with Crippen molar-refractivity contribution in [2.45, 2.75) is 13.8 Å². The Hall–Kier alpha value is -3.33. The van der Waals surface area contributed by atoms with Gasteiger partial charge in [0.15, 0.2) is 0 Å². The number of rotatable bonds is 2. The third-order valence-corrected chi connectivity index (χ3v) is 5.57. The van der Waals surface area contributed by atoms with Crippen LogP contribution in [-0.4, -0.2) is 42.0 Å². The first-order valence-electron chi connectivity index (χ1n) is 9.31. The molecule has 1 aliphatic heterocycles. The number of nitrogens with zero attached hydrogens (tertiary/aromatic N) is 3. The lowest BCUT2D eigenvalue weighted by atomic mass is 10.1. The first-order chi connectivity index (χ1) is 13.5. The number of fused-ring (bicyclic) bond motifs is 1. The molecule has 0 unspecified atom stereocenters. The van der Waals surface area contributed by atoms with E-state index in [2.05, 4.69) is 4.98 Å². The van der Waals surface area contributed by atoms with Gasteiger partial charge >= 0.3 is 0 Å². The number of nitriles is 1. The van der Waals surface area contributed by atoms with E-state index in [0.29, 0.717) is 37.4 Å². The number of hydrogen-bond acceptors (Lipinski definition) is 3. The normalized spacial score (nSPS) is 14.4. The molecule has 28 heavy (non-hydrogen) atoms. The van der Waals surface area contributed by atoms with E-state index < -0.39 is 5.82 Å². The number of hydrogen-bond donors (Lipinski definition) is 1. The van der Waals surface area contributed by atoms with Crippen molar-refractivity contribution in [2.75, 3.05) is 31.1 Å². The van der Waals surface area contributed by atoms with Gasteiger partial charge in [0.1, 0.15) is 17.4 Å². The molecule has 0 radical (unpaired) electrons. The monoisotopic (exact) mass is 376 g/mol. The summed E-state index contributed by atoms with van der Waals surface area (Å²) in [5, 5.41) is 10.3. The van der Waals surface area contributed by atoms with Crippen LogP contribution in [0.3, 0.4) is 0 Å². The fraction of sp³-hybridized carbons (Fsp3) is 0.273. The number of amides is 1. The van der Waals surface area contributed by atoms with Crippen LogP contribution in [0.1, 0.15) is 27.2 Å². The van der Waals surface area contributed by atoms with Crippen molar-refractivity contribution in [1.29, 1.82) is 5.26 Å². The van der Waals surface area contributed by atoms with E-state index in [1.165, 1.54) is 6.07 Å². The van der Waals surface area contributed by atoms with E-state index in [1.807, 2.05) is 47.9 Å². The quantitative estimate of drug-likeness (QED) is 0.741. The Morgan fingerprint density at radius 3 is 2.61 bits per heavy atom. The lowest BCUT2D eigenvalue weighted by Crippen LogP contribution is -2.49. The van der Waals surface area contributed by atoms with Gasteiger partial charge in [-0.3, -0.25) is 4.79 Å². The first kappa shape index (κ1) is 18.1. The third kappa shape index (κ3) is 2.99. The van der Waals surface area contributed by atoms with Gasteiger partial charge in [0, 0.05) is 48.3 Å². The molecule has 142 valence electrons. The van der Waals surface area contributed by atoms with Gasteiger partial charge in [-0.25, -0.2) is 4.39 Å². The Kier molecular flexibility index (Phi) is 4.52. The van der Waals surface area contributed by atoms with Crippen molar-refractivity contribution >= 4 is 22.5 Å². The van der Waals surface area contributed by atoms with Crippen LogP contribution >= 0.6 is 0 Å². The second-order valence-electron chi connectivity index (χ2n) is 7.16. The number of carbonyl (C=O) groups excluding carboxylic acids is 1. The molecule has 0 atom stereocenters. The largest absolute Gasteiger partial charge is 0.367 e. The second kappa shape index (κ2) is 7.01. The zero-order valence-corrected chi connectivity index (χ0v) is 15.9. The fourth-order valence-electron chi connectivity index (χ4n) is 3.81. The number of nitrogens with one attached hydrogen (secondary N) is 1. The maximum atomic E-state index is 13.9. The van der Waals surface area contributed by atoms with Crippen molar-refractivity contribution in [3.8, 4) is 6.07 Å². The average molecular weight is 376 g/mol. The molecule has 2 heterocycles. The Balaban J connectivity index is 1.51. The van der Waals surface area contributed by atoms with Crippen LogP contribution in [0.4, 0.5) is 10.1 Å². The molecular weight excluding hydrogens is 355 g/mol. The fourth-order valence-corrected chi connectivity index (χ4v) is 3.81. The minimum Gasteiger partial charge on any atom is -0.367 e. The van der Waals surface area contributed by atoms with E-state index in [0.717, 1.165) is 22.2 Å². The van der Waals surface area contributed by atoms with Gasteiger partial charge in [0.05, 0.1) is 5.69 Å². The summed E-state index contributed by atoms with van der Waals surface area (Å²) in [6.07, 6.45) is 0. The predicted molar refractivity (Wildman–Crippen MR) is 107 cm³/mol. The van der Waals surface area contributed by atoms with E-state index in [4.69, 9.17) is 0 Å². The number of benzene rings is 2. The summed E-state index contributed by atoms with van der Waals surface area (Å²) in [4.78, 5) is 20.1. The maximum Gasteiger partial charge on any atom is 0.253 e. The number of carbonyl (C=O) groups is 1. The van der Waals surface area contributed by atoms with Gasteiger partial charge in [-0.2, -0.15) is 5.26 Å². The summed E-state index contributed by atoms with van der Waals surface area (Å²) in [6.45, 7) is 6.26. The average Bonchev–Trinajstić information content (AvgIpc) is 3.00. The summed E-state index contributed by atoms with van der Waals surface area (Å²) < 4.78 is 13.9. The summed E-state index contributed by atoms with van der Waals surface area (Å²) >= 11 is 0. The SMILES string of the molecule is Cc1[nH]c2ccc(C(=O)N3CCN(c4cccc(F)c4C#N)CC3)cc2c1C. The van der Waals surface area contributed by atoms with Crippen molar-refractivity contribution in [3.63, 3.8) is 0 Å². The molecule has 2 aromatic carbocycles. The molecule has 0 bridgehead atoms. The number of aryl methyl sites for hydroxylation is 2. The maximum absolute atomic E-state index is 13.9. The molecule has 1 N–H and O–H groups in total. The lowest BCUT2D eigenvalue weighted by Gasteiger charge is -2.36. The highest BCUT2D eigenvalue weighted by molar-refractivity contribution is 5.99. The highest BCUT2D eigenvalue weighted by atomic mass is 19.1. The molecule has 1 aromatic heterocycles. The van der Waals surface area contributed by atoms with Gasteiger partial charge in [-0.05, 0) is 49.7 Å². The number of anilines is 1. The summed E-state index contributed by atoms with van der Waals surface area (Å²) in [5.41, 5.74) is 4.62. The zero-order chi connectivity index (χ0) is 19.8. The Labute approximate surface area is 163 Å². The number of piperazine rings is 1. The number of halogens is 1. The van der Waals surface area contributed by atoms with Gasteiger partial charge in [-0.1, -0.05) is 6.07 Å². The van der Waals surface area contributed by atoms with Crippen LogP contribution in [0.2, 0.25) is 0 Å². The number of aromatic amines is 1. The predicted octanol–water partition coefficient (Wildman–Crippen LogP) is 3.76.